The van der Waals surface area contributed by atoms with Gasteiger partial charge in [-0.25, -0.2) is 0 Å². The fourth-order valence-electron chi connectivity index (χ4n) is 8.12. The summed E-state index contributed by atoms with van der Waals surface area (Å²) in [6.07, 6.45) is 3.17. The third-order valence-corrected chi connectivity index (χ3v) is 10.3. The van der Waals surface area contributed by atoms with E-state index in [1.807, 2.05) is 60.7 Å². The summed E-state index contributed by atoms with van der Waals surface area (Å²) in [4.78, 5) is 59.3. The molecule has 0 aromatic heterocycles. The summed E-state index contributed by atoms with van der Waals surface area (Å²) < 4.78 is 18.3. The Morgan fingerprint density at radius 3 is 2.53 bits per heavy atom. The van der Waals surface area contributed by atoms with Crippen molar-refractivity contribution >= 4 is 40.2 Å². The zero-order valence-corrected chi connectivity index (χ0v) is 28.8. The molecule has 11 heteroatoms. The molecule has 3 saturated heterocycles. The van der Waals surface area contributed by atoms with Crippen LogP contribution in [0.2, 0.25) is 0 Å². The normalized spacial score (nSPS) is 24.5. The quantitative estimate of drug-likeness (QED) is 0.169. The van der Waals surface area contributed by atoms with Crippen molar-refractivity contribution in [3.63, 3.8) is 0 Å². The highest BCUT2D eigenvalue weighted by Gasteiger charge is 2.75. The molecule has 7 atom stereocenters. The van der Waals surface area contributed by atoms with Crippen LogP contribution in [0.1, 0.15) is 37.4 Å². The molecular formula is C40H45N3O8. The van der Waals surface area contributed by atoms with Crippen molar-refractivity contribution in [2.24, 2.45) is 11.8 Å². The Balaban J connectivity index is 1.32. The number of amides is 3. The Labute approximate surface area is 297 Å². The molecule has 1 spiro atoms. The van der Waals surface area contributed by atoms with Gasteiger partial charge in [-0.15, -0.1) is 13.2 Å². The van der Waals surface area contributed by atoms with Gasteiger partial charge in [-0.2, -0.15) is 0 Å². The summed E-state index contributed by atoms with van der Waals surface area (Å²) in [6.45, 7) is 7.30. The first-order valence-electron chi connectivity index (χ1n) is 17.4. The minimum Gasteiger partial charge on any atom is -0.455 e. The number of nitrogens with one attached hydrogen (secondary N) is 1. The molecule has 3 fully saturated rings. The maximum atomic E-state index is 14.8. The van der Waals surface area contributed by atoms with Gasteiger partial charge >= 0.3 is 5.97 Å². The number of anilines is 1. The van der Waals surface area contributed by atoms with Gasteiger partial charge in [0, 0.05) is 32.3 Å². The summed E-state index contributed by atoms with van der Waals surface area (Å²) in [5.74, 6) is -3.75. The predicted molar refractivity (Wildman–Crippen MR) is 191 cm³/mol. The largest absolute Gasteiger partial charge is 0.455 e. The molecule has 2 N–H and O–H groups in total. The molecule has 0 saturated carbocycles. The molecule has 0 unspecified atom stereocenters. The number of fused-ring (bicyclic) bond motifs is 2. The number of likely N-dealkylation sites (tertiary alicyclic amines) is 1. The van der Waals surface area contributed by atoms with E-state index in [9.17, 15) is 24.3 Å². The van der Waals surface area contributed by atoms with Crippen LogP contribution in [-0.4, -0.2) is 90.9 Å². The standard InChI is InChI=1S/C40H45N3O8/c1-4-6-16-32(45)41-30(25-49-3)35(27-13-8-7-9-14-27)50-39(48)33-31-19-20-40(51-31)34(33)37(46)43(22-23-44)36(40)38(47)42(21-5-2)29-18-17-26-12-10-11-15-28(26)24-29/h4-5,7-15,17-18,24,30-31,33-36,44H,1-2,6,16,19-23,25H2,3H3,(H,41,45)/t30-,31-,33+,34+,35-,36-,40+/m0/s1. The maximum Gasteiger partial charge on any atom is 0.313 e. The molecule has 3 aliphatic heterocycles. The maximum absolute atomic E-state index is 14.8. The number of methoxy groups -OCH3 is 1. The molecule has 51 heavy (non-hydrogen) atoms. The number of hydrogen-bond acceptors (Lipinski definition) is 8. The molecule has 3 heterocycles. The third kappa shape index (κ3) is 6.81. The van der Waals surface area contributed by atoms with E-state index in [0.717, 1.165) is 10.8 Å². The molecule has 0 aliphatic carbocycles. The number of ether oxygens (including phenoxy) is 3. The minimum absolute atomic E-state index is 0.0539. The predicted octanol–water partition coefficient (Wildman–Crippen LogP) is 4.11. The number of aliphatic hydroxyl groups excluding tert-OH is 1. The van der Waals surface area contributed by atoms with Gasteiger partial charge < -0.3 is 34.4 Å². The van der Waals surface area contributed by atoms with Crippen LogP contribution in [0.4, 0.5) is 5.69 Å². The van der Waals surface area contributed by atoms with Crippen LogP contribution in [0.15, 0.2) is 98.1 Å². The lowest BCUT2D eigenvalue weighted by atomic mass is 9.70. The van der Waals surface area contributed by atoms with Crippen LogP contribution in [0.25, 0.3) is 10.8 Å². The summed E-state index contributed by atoms with van der Waals surface area (Å²) >= 11 is 0. The fourth-order valence-corrected chi connectivity index (χ4v) is 8.12. The molecule has 11 nitrogen and oxygen atoms in total. The number of carbonyl (C=O) groups excluding carboxylic acids is 4. The molecule has 3 amide bonds. The number of hydrogen-bond donors (Lipinski definition) is 2. The molecule has 3 aromatic carbocycles. The number of esters is 1. The van der Waals surface area contributed by atoms with Crippen LogP contribution >= 0.6 is 0 Å². The van der Waals surface area contributed by atoms with Crippen molar-refractivity contribution in [2.45, 2.75) is 55.6 Å². The number of rotatable bonds is 16. The Bertz CT molecular complexity index is 1780. The van der Waals surface area contributed by atoms with E-state index < -0.39 is 53.6 Å². The molecule has 3 aliphatic rings. The summed E-state index contributed by atoms with van der Waals surface area (Å²) in [5, 5.41) is 15.0. The van der Waals surface area contributed by atoms with Crippen LogP contribution in [-0.2, 0) is 33.4 Å². The molecule has 6 rings (SSSR count). The van der Waals surface area contributed by atoms with E-state index in [2.05, 4.69) is 18.5 Å². The van der Waals surface area contributed by atoms with Crippen molar-refractivity contribution in [1.29, 1.82) is 0 Å². The number of benzene rings is 3. The van der Waals surface area contributed by atoms with Crippen molar-refractivity contribution in [1.82, 2.24) is 10.2 Å². The van der Waals surface area contributed by atoms with Crippen molar-refractivity contribution in [3.8, 4) is 0 Å². The van der Waals surface area contributed by atoms with Crippen molar-refractivity contribution in [2.75, 3.05) is 38.3 Å². The number of aliphatic hydroxyl groups is 1. The highest BCUT2D eigenvalue weighted by Crippen LogP contribution is 2.59. The SMILES string of the molecule is C=CCCC(=O)N[C@@H](COC)[C@@H](OC(=O)[C@@H]1[C@@H]2CC[C@]3(O2)[C@H](C(=O)N(CC=C)c2ccc4ccccc4c2)N(CCO)C(=O)[C@@H]13)c1ccccc1. The smallest absolute Gasteiger partial charge is 0.313 e. The van der Waals surface area contributed by atoms with Crippen LogP contribution in [0.3, 0.4) is 0 Å². The van der Waals surface area contributed by atoms with Crippen LogP contribution in [0, 0.1) is 11.8 Å². The van der Waals surface area contributed by atoms with E-state index in [0.29, 0.717) is 30.5 Å². The monoisotopic (exact) mass is 695 g/mol. The Hall–Kier alpha value is -4.84. The molecule has 268 valence electrons. The highest BCUT2D eigenvalue weighted by atomic mass is 16.6. The average molecular weight is 696 g/mol. The van der Waals surface area contributed by atoms with Crippen molar-refractivity contribution in [3.05, 3.63) is 104 Å². The van der Waals surface area contributed by atoms with Gasteiger partial charge in [0.15, 0.2) is 0 Å². The summed E-state index contributed by atoms with van der Waals surface area (Å²) in [7, 11) is 1.50. The lowest BCUT2D eigenvalue weighted by molar-refractivity contribution is -0.163. The van der Waals surface area contributed by atoms with Gasteiger partial charge in [-0.3, -0.25) is 19.2 Å². The first-order chi connectivity index (χ1) is 24.8. The van der Waals surface area contributed by atoms with Gasteiger partial charge in [0.25, 0.3) is 5.91 Å². The van der Waals surface area contributed by atoms with E-state index in [1.165, 1.54) is 12.0 Å². The first-order valence-corrected chi connectivity index (χ1v) is 17.4. The highest BCUT2D eigenvalue weighted by molar-refractivity contribution is 6.05. The van der Waals surface area contributed by atoms with E-state index >= 15 is 0 Å². The van der Waals surface area contributed by atoms with Gasteiger partial charge in [0.05, 0.1) is 37.2 Å². The number of allylic oxidation sites excluding steroid dienone is 1. The van der Waals surface area contributed by atoms with Gasteiger partial charge in [-0.05, 0) is 47.7 Å². The van der Waals surface area contributed by atoms with Crippen LogP contribution < -0.4 is 10.2 Å². The molecular weight excluding hydrogens is 650 g/mol. The van der Waals surface area contributed by atoms with E-state index in [-0.39, 0.29) is 44.5 Å². The van der Waals surface area contributed by atoms with E-state index in [1.54, 1.807) is 29.2 Å². The van der Waals surface area contributed by atoms with Gasteiger partial charge in [0.1, 0.15) is 17.7 Å². The number of β-amino-alcohol motifs (C(OH)–C–C–N with tert-alkyl or cyclic N) is 1. The Morgan fingerprint density at radius 2 is 1.82 bits per heavy atom. The zero-order chi connectivity index (χ0) is 36.1. The second-order valence-corrected chi connectivity index (χ2v) is 13.3. The third-order valence-electron chi connectivity index (χ3n) is 10.3. The summed E-state index contributed by atoms with van der Waals surface area (Å²) in [6, 6.07) is 20.8. The molecule has 2 bridgehead atoms. The van der Waals surface area contributed by atoms with Crippen molar-refractivity contribution < 1.29 is 38.5 Å². The molecule has 3 aromatic rings. The Morgan fingerprint density at radius 1 is 1.08 bits per heavy atom. The van der Waals surface area contributed by atoms with Gasteiger partial charge in [0.2, 0.25) is 11.8 Å². The lowest BCUT2D eigenvalue weighted by Crippen LogP contribution is -2.56. The fraction of sp³-hybridized carbons (Fsp3) is 0.400. The second-order valence-electron chi connectivity index (χ2n) is 13.3. The second kappa shape index (κ2) is 15.6. The topological polar surface area (TPSA) is 135 Å². The minimum atomic E-state index is -1.30. The first kappa shape index (κ1) is 36.0. The molecule has 0 radical (unpaired) electrons. The zero-order valence-electron chi connectivity index (χ0n) is 28.8. The van der Waals surface area contributed by atoms with Crippen LogP contribution in [0.5, 0.6) is 0 Å². The lowest BCUT2D eigenvalue weighted by Gasteiger charge is -2.36. The van der Waals surface area contributed by atoms with Gasteiger partial charge in [-0.1, -0.05) is 72.8 Å². The van der Waals surface area contributed by atoms with E-state index in [4.69, 9.17) is 14.2 Å². The summed E-state index contributed by atoms with van der Waals surface area (Å²) in [5.41, 5.74) is -0.0386. The Kier molecular flexibility index (Phi) is 11.0. The average Bonchev–Trinajstić information content (AvgIpc) is 3.79. The number of nitrogens with zero attached hydrogens (tertiary/aromatic N) is 2. The number of carbonyl (C=O) groups is 4.